The van der Waals surface area contributed by atoms with E-state index in [0.29, 0.717) is 35.5 Å². The van der Waals surface area contributed by atoms with Gasteiger partial charge in [-0.3, -0.25) is 4.79 Å². The van der Waals surface area contributed by atoms with E-state index in [-0.39, 0.29) is 5.91 Å². The Labute approximate surface area is 130 Å². The molecular weight excluding hydrogens is 282 g/mol. The molecular formula is C16H25N3OS. The molecule has 1 aromatic heterocycles. The Balaban J connectivity index is 1.69. The number of rotatable bonds is 3. The number of hydrogen-bond donors (Lipinski definition) is 2. The average Bonchev–Trinajstić information content (AvgIpc) is 2.89. The maximum atomic E-state index is 12.5. The number of carbonyl (C=O) groups is 1. The summed E-state index contributed by atoms with van der Waals surface area (Å²) in [6.45, 7) is 4.21. The van der Waals surface area contributed by atoms with Crippen LogP contribution in [0.2, 0.25) is 0 Å². The summed E-state index contributed by atoms with van der Waals surface area (Å²) in [4.78, 5) is 16.9. The Bertz CT molecular complexity index is 499. The van der Waals surface area contributed by atoms with Gasteiger partial charge in [-0.25, -0.2) is 4.98 Å². The van der Waals surface area contributed by atoms with Crippen LogP contribution in [0.1, 0.15) is 67.4 Å². The fourth-order valence-electron chi connectivity index (χ4n) is 3.91. The van der Waals surface area contributed by atoms with Gasteiger partial charge in [-0.05, 0) is 37.5 Å². The Morgan fingerprint density at radius 3 is 2.62 bits per heavy atom. The molecule has 1 aromatic rings. The van der Waals surface area contributed by atoms with Crippen LogP contribution in [0.25, 0.3) is 0 Å². The number of thiazole rings is 1. The highest BCUT2D eigenvalue weighted by Gasteiger charge is 2.40. The molecule has 3 N–H and O–H groups in total. The average molecular weight is 307 g/mol. The van der Waals surface area contributed by atoms with Crippen molar-refractivity contribution in [3.05, 3.63) is 16.1 Å². The molecule has 0 radical (unpaired) electrons. The first-order chi connectivity index (χ1) is 10.0. The molecule has 2 aliphatic carbocycles. The quantitative estimate of drug-likeness (QED) is 0.902. The molecule has 3 rings (SSSR count). The summed E-state index contributed by atoms with van der Waals surface area (Å²) in [6.07, 6.45) is 5.78. The van der Waals surface area contributed by atoms with E-state index >= 15 is 0 Å². The van der Waals surface area contributed by atoms with Crippen molar-refractivity contribution in [3.63, 3.8) is 0 Å². The topological polar surface area (TPSA) is 68.0 Å². The number of fused-ring (bicyclic) bond motifs is 2. The second-order valence-electron chi connectivity index (χ2n) is 6.91. The van der Waals surface area contributed by atoms with E-state index in [1.807, 2.05) is 5.38 Å². The van der Waals surface area contributed by atoms with Gasteiger partial charge in [0.05, 0.1) is 5.01 Å². The molecule has 2 aliphatic rings. The molecule has 1 heterocycles. The highest BCUT2D eigenvalue weighted by Crippen LogP contribution is 2.39. The molecule has 116 valence electrons. The summed E-state index contributed by atoms with van der Waals surface area (Å²) >= 11 is 1.58. The zero-order valence-electron chi connectivity index (χ0n) is 12.8. The van der Waals surface area contributed by atoms with Crippen molar-refractivity contribution in [2.45, 2.75) is 64.0 Å². The first kappa shape index (κ1) is 15.0. The van der Waals surface area contributed by atoms with Crippen LogP contribution in [0.4, 0.5) is 0 Å². The summed E-state index contributed by atoms with van der Waals surface area (Å²) in [5.74, 6) is 1.48. The van der Waals surface area contributed by atoms with Crippen LogP contribution >= 0.6 is 11.3 Å². The van der Waals surface area contributed by atoms with E-state index in [2.05, 4.69) is 24.1 Å². The van der Waals surface area contributed by atoms with Gasteiger partial charge in [-0.1, -0.05) is 20.3 Å². The maximum Gasteiger partial charge on any atom is 0.270 e. The molecule has 2 bridgehead atoms. The van der Waals surface area contributed by atoms with Crippen molar-refractivity contribution in [2.75, 3.05) is 0 Å². The minimum Gasteiger partial charge on any atom is -0.347 e. The standard InChI is InChI=1S/C16H25N3OS/c1-9(2)16-18-13(8-21-16)15(20)19-14-10-4-3-5-11(14)7-12(17)6-10/h8-12,14H,3-7,17H2,1-2H3,(H,19,20). The van der Waals surface area contributed by atoms with E-state index in [0.717, 1.165) is 17.8 Å². The molecule has 4 nitrogen and oxygen atoms in total. The maximum absolute atomic E-state index is 12.5. The largest absolute Gasteiger partial charge is 0.347 e. The van der Waals surface area contributed by atoms with Crippen LogP contribution in [-0.2, 0) is 0 Å². The highest BCUT2D eigenvalue weighted by atomic mass is 32.1. The smallest absolute Gasteiger partial charge is 0.270 e. The third-order valence-electron chi connectivity index (χ3n) is 4.92. The third kappa shape index (κ3) is 3.14. The number of amides is 1. The van der Waals surface area contributed by atoms with Crippen LogP contribution in [0.5, 0.6) is 0 Å². The van der Waals surface area contributed by atoms with E-state index in [9.17, 15) is 4.79 Å². The summed E-state index contributed by atoms with van der Waals surface area (Å²) in [6, 6.07) is 0.621. The molecule has 1 amide bonds. The van der Waals surface area contributed by atoms with Crippen LogP contribution in [-0.4, -0.2) is 23.0 Å². The van der Waals surface area contributed by atoms with Gasteiger partial charge in [-0.2, -0.15) is 0 Å². The second kappa shape index (κ2) is 6.05. The number of nitrogens with two attached hydrogens (primary N) is 1. The van der Waals surface area contributed by atoms with Crippen LogP contribution in [0.3, 0.4) is 0 Å². The SMILES string of the molecule is CC(C)c1nc(C(=O)NC2C3CCCC2CC(N)C3)cs1. The zero-order chi connectivity index (χ0) is 15.0. The lowest BCUT2D eigenvalue weighted by molar-refractivity contribution is 0.0752. The summed E-state index contributed by atoms with van der Waals surface area (Å²) in [5, 5.41) is 6.18. The summed E-state index contributed by atoms with van der Waals surface area (Å²) < 4.78 is 0. The molecule has 0 saturated heterocycles. The number of carbonyl (C=O) groups excluding carboxylic acids is 1. The van der Waals surface area contributed by atoms with Crippen molar-refractivity contribution in [2.24, 2.45) is 17.6 Å². The fraction of sp³-hybridized carbons (Fsp3) is 0.750. The Kier molecular flexibility index (Phi) is 4.31. The van der Waals surface area contributed by atoms with Gasteiger partial charge in [0, 0.05) is 23.4 Å². The second-order valence-corrected chi connectivity index (χ2v) is 7.80. The lowest BCUT2D eigenvalue weighted by Crippen LogP contribution is -2.53. The lowest BCUT2D eigenvalue weighted by atomic mass is 9.67. The molecule has 21 heavy (non-hydrogen) atoms. The summed E-state index contributed by atoms with van der Waals surface area (Å²) in [7, 11) is 0. The van der Waals surface area contributed by atoms with Crippen molar-refractivity contribution in [1.82, 2.24) is 10.3 Å². The van der Waals surface area contributed by atoms with Gasteiger partial charge >= 0.3 is 0 Å². The Morgan fingerprint density at radius 1 is 1.38 bits per heavy atom. The fourth-order valence-corrected chi connectivity index (χ4v) is 4.72. The molecule has 0 aliphatic heterocycles. The molecule has 2 unspecified atom stereocenters. The number of nitrogens with zero attached hydrogens (tertiary/aromatic N) is 1. The highest BCUT2D eigenvalue weighted by molar-refractivity contribution is 7.09. The monoisotopic (exact) mass is 307 g/mol. The van der Waals surface area contributed by atoms with Crippen LogP contribution < -0.4 is 11.1 Å². The van der Waals surface area contributed by atoms with Crippen molar-refractivity contribution < 1.29 is 4.79 Å². The predicted octanol–water partition coefficient (Wildman–Crippen LogP) is 2.90. The Hall–Kier alpha value is -0.940. The Morgan fingerprint density at radius 2 is 2.05 bits per heavy atom. The van der Waals surface area contributed by atoms with E-state index in [4.69, 9.17) is 5.73 Å². The first-order valence-electron chi connectivity index (χ1n) is 8.06. The van der Waals surface area contributed by atoms with Crippen molar-refractivity contribution >= 4 is 17.2 Å². The van der Waals surface area contributed by atoms with Crippen LogP contribution in [0, 0.1) is 11.8 Å². The minimum atomic E-state index is -0.00415. The molecule has 2 saturated carbocycles. The van der Waals surface area contributed by atoms with E-state index < -0.39 is 0 Å². The van der Waals surface area contributed by atoms with Crippen molar-refractivity contribution in [1.29, 1.82) is 0 Å². The van der Waals surface area contributed by atoms with E-state index in [1.54, 1.807) is 11.3 Å². The zero-order valence-corrected chi connectivity index (χ0v) is 13.7. The molecule has 2 fully saturated rings. The molecule has 0 aromatic carbocycles. The van der Waals surface area contributed by atoms with E-state index in [1.165, 1.54) is 19.3 Å². The molecule has 5 heteroatoms. The lowest BCUT2D eigenvalue weighted by Gasteiger charge is -2.45. The normalized spacial score (nSPS) is 32.2. The van der Waals surface area contributed by atoms with Gasteiger partial charge in [0.2, 0.25) is 0 Å². The number of hydrogen-bond acceptors (Lipinski definition) is 4. The predicted molar refractivity (Wildman–Crippen MR) is 85.5 cm³/mol. The first-order valence-corrected chi connectivity index (χ1v) is 8.94. The summed E-state index contributed by atoms with van der Waals surface area (Å²) in [5.41, 5.74) is 6.72. The number of aromatic nitrogens is 1. The van der Waals surface area contributed by atoms with Crippen LogP contribution in [0.15, 0.2) is 5.38 Å². The molecule has 0 spiro atoms. The van der Waals surface area contributed by atoms with Gasteiger partial charge in [-0.15, -0.1) is 11.3 Å². The minimum absolute atomic E-state index is 0.00415. The van der Waals surface area contributed by atoms with Gasteiger partial charge in [0.15, 0.2) is 0 Å². The number of nitrogens with one attached hydrogen (secondary N) is 1. The van der Waals surface area contributed by atoms with Crippen molar-refractivity contribution in [3.8, 4) is 0 Å². The van der Waals surface area contributed by atoms with Gasteiger partial charge in [0.1, 0.15) is 5.69 Å². The molecule has 2 atom stereocenters. The van der Waals surface area contributed by atoms with Gasteiger partial charge in [0.25, 0.3) is 5.91 Å². The third-order valence-corrected chi connectivity index (χ3v) is 6.07. The van der Waals surface area contributed by atoms with Gasteiger partial charge < -0.3 is 11.1 Å².